The third-order valence-corrected chi connectivity index (χ3v) is 6.67. The predicted octanol–water partition coefficient (Wildman–Crippen LogP) is 5.79. The topological polar surface area (TPSA) is 54.5 Å². The maximum Gasteiger partial charge on any atom is 0.226 e. The standard InChI is InChI=1S/C21H27Cl2N3O2S/c1-14-7-9-26(10-8-14)13-19-15(2)24-21(29-19)25-20(27)4-3-11-28-18-6-5-16(22)12-17(18)23/h5-6,12,14H,3-4,7-11,13H2,1-2H3,(H,24,25,27). The van der Waals surface area contributed by atoms with E-state index in [9.17, 15) is 4.79 Å². The molecule has 1 aliphatic rings. The summed E-state index contributed by atoms with van der Waals surface area (Å²) >= 11 is 13.5. The molecule has 1 aromatic heterocycles. The number of nitrogens with one attached hydrogen (secondary N) is 1. The summed E-state index contributed by atoms with van der Waals surface area (Å²) in [5.74, 6) is 1.34. The Kier molecular flexibility index (Phi) is 8.18. The zero-order valence-corrected chi connectivity index (χ0v) is 19.2. The van der Waals surface area contributed by atoms with Crippen molar-refractivity contribution in [2.45, 2.75) is 46.1 Å². The van der Waals surface area contributed by atoms with Crippen molar-refractivity contribution in [2.75, 3.05) is 25.0 Å². The van der Waals surface area contributed by atoms with E-state index in [1.165, 1.54) is 17.7 Å². The Balaban J connectivity index is 1.41. The van der Waals surface area contributed by atoms with Gasteiger partial charge in [-0.1, -0.05) is 30.1 Å². The quantitative estimate of drug-likeness (QED) is 0.511. The molecule has 0 bridgehead atoms. The summed E-state index contributed by atoms with van der Waals surface area (Å²) in [4.78, 5) is 20.5. The highest BCUT2D eigenvalue weighted by atomic mass is 35.5. The van der Waals surface area contributed by atoms with Crippen molar-refractivity contribution in [1.29, 1.82) is 0 Å². The minimum atomic E-state index is -0.0529. The van der Waals surface area contributed by atoms with Gasteiger partial charge < -0.3 is 10.1 Å². The number of rotatable bonds is 8. The number of aromatic nitrogens is 1. The van der Waals surface area contributed by atoms with Gasteiger partial charge in [-0.3, -0.25) is 9.69 Å². The molecule has 5 nitrogen and oxygen atoms in total. The first-order valence-electron chi connectivity index (χ1n) is 9.97. The van der Waals surface area contributed by atoms with Crippen LogP contribution in [0.25, 0.3) is 0 Å². The number of piperidine rings is 1. The molecule has 1 aromatic carbocycles. The fourth-order valence-electron chi connectivity index (χ4n) is 3.24. The Hall–Kier alpha value is -1.34. The van der Waals surface area contributed by atoms with Crippen LogP contribution in [-0.4, -0.2) is 35.5 Å². The van der Waals surface area contributed by atoms with Crippen molar-refractivity contribution in [3.05, 3.63) is 38.8 Å². The summed E-state index contributed by atoms with van der Waals surface area (Å²) in [6.07, 6.45) is 3.46. The predicted molar refractivity (Wildman–Crippen MR) is 120 cm³/mol. The molecule has 1 saturated heterocycles. The number of benzene rings is 1. The molecule has 1 aliphatic heterocycles. The minimum absolute atomic E-state index is 0.0529. The van der Waals surface area contributed by atoms with Gasteiger partial charge >= 0.3 is 0 Å². The molecule has 1 amide bonds. The van der Waals surface area contributed by atoms with Crippen molar-refractivity contribution in [3.8, 4) is 5.75 Å². The van der Waals surface area contributed by atoms with Gasteiger partial charge in [0.25, 0.3) is 0 Å². The van der Waals surface area contributed by atoms with E-state index in [0.717, 1.165) is 31.2 Å². The summed E-state index contributed by atoms with van der Waals surface area (Å²) in [6.45, 7) is 7.93. The second-order valence-corrected chi connectivity index (χ2v) is 9.49. The number of aryl methyl sites for hydroxylation is 1. The first-order valence-corrected chi connectivity index (χ1v) is 11.5. The van der Waals surface area contributed by atoms with E-state index < -0.39 is 0 Å². The van der Waals surface area contributed by atoms with Crippen LogP contribution in [0, 0.1) is 12.8 Å². The Bertz CT molecular complexity index is 835. The van der Waals surface area contributed by atoms with Crippen LogP contribution < -0.4 is 10.1 Å². The fourth-order valence-corrected chi connectivity index (χ4v) is 4.72. The van der Waals surface area contributed by atoms with Gasteiger partial charge in [-0.15, -0.1) is 11.3 Å². The zero-order chi connectivity index (χ0) is 20.8. The van der Waals surface area contributed by atoms with Gasteiger partial charge in [-0.2, -0.15) is 0 Å². The average Bonchev–Trinajstić information content (AvgIpc) is 3.01. The number of carbonyl (C=O) groups excluding carboxylic acids is 1. The average molecular weight is 456 g/mol. The number of likely N-dealkylation sites (tertiary alicyclic amines) is 1. The first kappa shape index (κ1) is 22.3. The number of hydrogen-bond donors (Lipinski definition) is 1. The molecule has 158 valence electrons. The smallest absolute Gasteiger partial charge is 0.226 e. The van der Waals surface area contributed by atoms with Crippen LogP contribution in [0.2, 0.25) is 10.0 Å². The molecule has 0 unspecified atom stereocenters. The number of anilines is 1. The minimum Gasteiger partial charge on any atom is -0.492 e. The highest BCUT2D eigenvalue weighted by Crippen LogP contribution is 2.28. The summed E-state index contributed by atoms with van der Waals surface area (Å²) in [7, 11) is 0. The Morgan fingerprint density at radius 3 is 2.83 bits per heavy atom. The number of thiazole rings is 1. The molecule has 0 atom stereocenters. The molecule has 0 spiro atoms. The van der Waals surface area contributed by atoms with Gasteiger partial charge in [0.2, 0.25) is 5.91 Å². The van der Waals surface area contributed by atoms with Crippen molar-refractivity contribution in [1.82, 2.24) is 9.88 Å². The molecule has 8 heteroatoms. The van der Waals surface area contributed by atoms with Crippen LogP contribution in [0.15, 0.2) is 18.2 Å². The molecule has 0 radical (unpaired) electrons. The zero-order valence-electron chi connectivity index (χ0n) is 16.8. The molecular formula is C21H27Cl2N3O2S. The van der Waals surface area contributed by atoms with E-state index in [0.29, 0.717) is 40.4 Å². The Morgan fingerprint density at radius 2 is 2.10 bits per heavy atom. The molecule has 1 N–H and O–H groups in total. The van der Waals surface area contributed by atoms with E-state index in [1.807, 2.05) is 6.92 Å². The second kappa shape index (κ2) is 10.6. The fraction of sp³-hybridized carbons (Fsp3) is 0.524. The summed E-state index contributed by atoms with van der Waals surface area (Å²) in [5, 5.41) is 4.62. The normalized spacial score (nSPS) is 15.4. The number of nitrogens with zero attached hydrogens (tertiary/aromatic N) is 2. The van der Waals surface area contributed by atoms with Crippen LogP contribution in [-0.2, 0) is 11.3 Å². The van der Waals surface area contributed by atoms with Crippen molar-refractivity contribution < 1.29 is 9.53 Å². The third-order valence-electron chi connectivity index (χ3n) is 5.08. The maximum absolute atomic E-state index is 12.2. The number of hydrogen-bond acceptors (Lipinski definition) is 5. The largest absolute Gasteiger partial charge is 0.492 e. The lowest BCUT2D eigenvalue weighted by Gasteiger charge is -2.29. The van der Waals surface area contributed by atoms with Crippen LogP contribution in [0.3, 0.4) is 0 Å². The summed E-state index contributed by atoms with van der Waals surface area (Å²) in [5.41, 5.74) is 1.00. The Morgan fingerprint density at radius 1 is 1.34 bits per heavy atom. The van der Waals surface area contributed by atoms with Gasteiger partial charge in [0, 0.05) is 22.9 Å². The molecule has 3 rings (SSSR count). The van der Waals surface area contributed by atoms with Crippen molar-refractivity contribution in [2.24, 2.45) is 5.92 Å². The van der Waals surface area contributed by atoms with Crippen molar-refractivity contribution >= 4 is 45.6 Å². The van der Waals surface area contributed by atoms with E-state index in [1.54, 1.807) is 29.5 Å². The number of halogens is 2. The summed E-state index contributed by atoms with van der Waals surface area (Å²) < 4.78 is 5.62. The van der Waals surface area contributed by atoms with Crippen molar-refractivity contribution in [3.63, 3.8) is 0 Å². The number of carbonyl (C=O) groups is 1. The molecular weight excluding hydrogens is 429 g/mol. The second-order valence-electron chi connectivity index (χ2n) is 7.56. The molecule has 29 heavy (non-hydrogen) atoms. The highest BCUT2D eigenvalue weighted by Gasteiger charge is 2.18. The SMILES string of the molecule is Cc1nc(NC(=O)CCCOc2ccc(Cl)cc2Cl)sc1CN1CCC(C)CC1. The molecule has 0 saturated carbocycles. The molecule has 0 aliphatic carbocycles. The van der Waals surface area contributed by atoms with Gasteiger partial charge in [0.1, 0.15) is 5.75 Å². The van der Waals surface area contributed by atoms with Crippen LogP contribution in [0.4, 0.5) is 5.13 Å². The van der Waals surface area contributed by atoms with E-state index in [-0.39, 0.29) is 5.91 Å². The Labute approximate surface area is 186 Å². The van der Waals surface area contributed by atoms with Crippen LogP contribution in [0.5, 0.6) is 5.75 Å². The lowest BCUT2D eigenvalue weighted by Crippen LogP contribution is -2.32. The summed E-state index contributed by atoms with van der Waals surface area (Å²) in [6, 6.07) is 5.09. The van der Waals surface area contributed by atoms with Crippen LogP contribution >= 0.6 is 34.5 Å². The molecule has 1 fully saturated rings. The van der Waals surface area contributed by atoms with Gasteiger partial charge in [-0.25, -0.2) is 4.98 Å². The van der Waals surface area contributed by atoms with Gasteiger partial charge in [0.05, 0.1) is 17.3 Å². The maximum atomic E-state index is 12.2. The lowest BCUT2D eigenvalue weighted by molar-refractivity contribution is -0.116. The van der Waals surface area contributed by atoms with Gasteiger partial charge in [-0.05, 0) is 63.4 Å². The monoisotopic (exact) mass is 455 g/mol. The molecule has 2 heterocycles. The number of ether oxygens (including phenoxy) is 1. The molecule has 2 aromatic rings. The van der Waals surface area contributed by atoms with Gasteiger partial charge in [0.15, 0.2) is 5.13 Å². The van der Waals surface area contributed by atoms with E-state index in [2.05, 4.69) is 22.1 Å². The van der Waals surface area contributed by atoms with E-state index >= 15 is 0 Å². The van der Waals surface area contributed by atoms with E-state index in [4.69, 9.17) is 27.9 Å². The number of amides is 1. The lowest BCUT2D eigenvalue weighted by atomic mass is 9.99. The first-order chi connectivity index (χ1) is 13.9. The van der Waals surface area contributed by atoms with Crippen LogP contribution in [0.1, 0.15) is 43.2 Å². The third kappa shape index (κ3) is 6.85. The highest BCUT2D eigenvalue weighted by molar-refractivity contribution is 7.15.